The Bertz CT molecular complexity index is 860. The monoisotopic (exact) mass is 428 g/mol. The van der Waals surface area contributed by atoms with Crippen molar-refractivity contribution in [2.45, 2.75) is 39.0 Å². The van der Waals surface area contributed by atoms with E-state index in [0.717, 1.165) is 47.8 Å². The minimum Gasteiger partial charge on any atom is -0.378 e. The van der Waals surface area contributed by atoms with E-state index in [1.165, 1.54) is 0 Å². The van der Waals surface area contributed by atoms with Crippen molar-refractivity contribution in [2.24, 2.45) is 5.92 Å². The summed E-state index contributed by atoms with van der Waals surface area (Å²) in [5.74, 6) is 0.456. The Labute approximate surface area is 183 Å². The average Bonchev–Trinajstić information content (AvgIpc) is 3.22. The lowest BCUT2D eigenvalue weighted by Crippen LogP contribution is -2.39. The second kappa shape index (κ2) is 10.1. The first-order valence-corrected chi connectivity index (χ1v) is 11.5. The van der Waals surface area contributed by atoms with Gasteiger partial charge in [0, 0.05) is 68.6 Å². The number of thiazole rings is 1. The van der Waals surface area contributed by atoms with Crippen molar-refractivity contribution in [3.8, 4) is 0 Å². The molecule has 1 aromatic heterocycles. The van der Waals surface area contributed by atoms with Gasteiger partial charge in [0.15, 0.2) is 0 Å². The molecule has 0 aliphatic carbocycles. The molecule has 2 amide bonds. The third-order valence-corrected chi connectivity index (χ3v) is 6.52. The molecule has 0 spiro atoms. The molecule has 1 unspecified atom stereocenters. The molecule has 0 radical (unpaired) electrons. The van der Waals surface area contributed by atoms with Gasteiger partial charge in [-0.3, -0.25) is 9.59 Å². The van der Waals surface area contributed by atoms with E-state index in [1.807, 2.05) is 62.0 Å². The van der Waals surface area contributed by atoms with Crippen LogP contribution in [0.5, 0.6) is 0 Å². The quantitative estimate of drug-likeness (QED) is 0.733. The summed E-state index contributed by atoms with van der Waals surface area (Å²) in [4.78, 5) is 33.4. The minimum atomic E-state index is 0.000777. The van der Waals surface area contributed by atoms with Crippen LogP contribution in [0.4, 0.5) is 5.69 Å². The van der Waals surface area contributed by atoms with Crippen molar-refractivity contribution in [1.82, 2.24) is 15.2 Å². The fourth-order valence-corrected chi connectivity index (χ4v) is 4.57. The number of aromatic nitrogens is 1. The zero-order chi connectivity index (χ0) is 21.7. The summed E-state index contributed by atoms with van der Waals surface area (Å²) >= 11 is 1.67. The summed E-state index contributed by atoms with van der Waals surface area (Å²) in [6.45, 7) is 5.90. The molecular weight excluding hydrogens is 396 g/mol. The van der Waals surface area contributed by atoms with Gasteiger partial charge in [-0.25, -0.2) is 4.98 Å². The highest BCUT2D eigenvalue weighted by Crippen LogP contribution is 2.30. The highest BCUT2D eigenvalue weighted by atomic mass is 32.1. The van der Waals surface area contributed by atoms with Crippen molar-refractivity contribution in [3.05, 3.63) is 45.9 Å². The number of nitrogens with one attached hydrogen (secondary N) is 1. The van der Waals surface area contributed by atoms with E-state index in [9.17, 15) is 9.59 Å². The van der Waals surface area contributed by atoms with Crippen LogP contribution in [-0.2, 0) is 11.2 Å². The summed E-state index contributed by atoms with van der Waals surface area (Å²) in [7, 11) is 3.99. The summed E-state index contributed by atoms with van der Waals surface area (Å²) in [5, 5.41) is 6.12. The molecule has 0 bridgehead atoms. The lowest BCUT2D eigenvalue weighted by Gasteiger charge is -2.32. The van der Waals surface area contributed by atoms with Crippen molar-refractivity contribution < 1.29 is 9.59 Å². The average molecular weight is 429 g/mol. The highest BCUT2D eigenvalue weighted by Gasteiger charge is 2.27. The number of hydrogen-bond donors (Lipinski definition) is 1. The largest absolute Gasteiger partial charge is 0.378 e. The first-order valence-electron chi connectivity index (χ1n) is 10.6. The van der Waals surface area contributed by atoms with Crippen LogP contribution in [0.1, 0.15) is 53.7 Å². The van der Waals surface area contributed by atoms with Crippen molar-refractivity contribution in [1.29, 1.82) is 0 Å². The molecule has 1 saturated heterocycles. The van der Waals surface area contributed by atoms with E-state index >= 15 is 0 Å². The second-order valence-corrected chi connectivity index (χ2v) is 9.29. The number of hydrogen-bond acceptors (Lipinski definition) is 5. The van der Waals surface area contributed by atoms with Crippen molar-refractivity contribution >= 4 is 28.8 Å². The van der Waals surface area contributed by atoms with E-state index in [1.54, 1.807) is 11.3 Å². The molecule has 1 aliphatic rings. The molecule has 162 valence electrons. The normalized spacial score (nSPS) is 16.6. The SMILES string of the molecule is CC(C)C(=O)NCCc1csc(C2CCCN(C(=O)c3ccc(N(C)C)cc3)C2)n1. The third kappa shape index (κ3) is 5.59. The number of piperidine rings is 1. The standard InChI is InChI=1S/C23H32N4O2S/c1-16(2)21(28)24-12-11-19-15-30-22(25-19)18-6-5-13-27(14-18)23(29)17-7-9-20(10-8-17)26(3)4/h7-10,15-16,18H,5-6,11-14H2,1-4H3,(H,24,28). The fraction of sp³-hybridized carbons (Fsp3) is 0.522. The molecule has 1 atom stereocenters. The Kier molecular flexibility index (Phi) is 7.48. The zero-order valence-corrected chi connectivity index (χ0v) is 19.2. The molecule has 7 heteroatoms. The Morgan fingerprint density at radius 1 is 1.27 bits per heavy atom. The molecule has 1 aliphatic heterocycles. The van der Waals surface area contributed by atoms with Gasteiger partial charge >= 0.3 is 0 Å². The Morgan fingerprint density at radius 3 is 2.67 bits per heavy atom. The van der Waals surface area contributed by atoms with Crippen LogP contribution in [-0.4, -0.2) is 55.4 Å². The Hall–Kier alpha value is -2.41. The lowest BCUT2D eigenvalue weighted by molar-refractivity contribution is -0.123. The molecular formula is C23H32N4O2S. The van der Waals surface area contributed by atoms with Gasteiger partial charge in [0.2, 0.25) is 5.91 Å². The first-order chi connectivity index (χ1) is 14.3. The Morgan fingerprint density at radius 2 is 2.00 bits per heavy atom. The maximum Gasteiger partial charge on any atom is 0.253 e. The highest BCUT2D eigenvalue weighted by molar-refractivity contribution is 7.09. The van der Waals surface area contributed by atoms with Gasteiger partial charge in [-0.2, -0.15) is 0 Å². The zero-order valence-electron chi connectivity index (χ0n) is 18.4. The number of amides is 2. The number of nitrogens with zero attached hydrogens (tertiary/aromatic N) is 3. The van der Waals surface area contributed by atoms with E-state index in [0.29, 0.717) is 13.1 Å². The summed E-state index contributed by atoms with van der Waals surface area (Å²) in [6.07, 6.45) is 2.79. The molecule has 2 heterocycles. The van der Waals surface area contributed by atoms with Gasteiger partial charge in [0.05, 0.1) is 10.7 Å². The predicted octanol–water partition coefficient (Wildman–Crippen LogP) is 3.54. The molecule has 6 nitrogen and oxygen atoms in total. The topological polar surface area (TPSA) is 65.5 Å². The van der Waals surface area contributed by atoms with Crippen molar-refractivity contribution in [2.75, 3.05) is 38.6 Å². The van der Waals surface area contributed by atoms with E-state index in [-0.39, 0.29) is 23.7 Å². The van der Waals surface area contributed by atoms with Crippen LogP contribution in [0.2, 0.25) is 0 Å². The maximum absolute atomic E-state index is 13.0. The van der Waals surface area contributed by atoms with Gasteiger partial charge in [0.25, 0.3) is 5.91 Å². The van der Waals surface area contributed by atoms with Gasteiger partial charge in [0.1, 0.15) is 0 Å². The maximum atomic E-state index is 13.0. The number of likely N-dealkylation sites (tertiary alicyclic amines) is 1. The number of benzene rings is 1. The molecule has 0 saturated carbocycles. The molecule has 1 N–H and O–H groups in total. The number of carbonyl (C=O) groups excluding carboxylic acids is 2. The smallest absolute Gasteiger partial charge is 0.253 e. The molecule has 3 rings (SSSR count). The Balaban J connectivity index is 1.57. The lowest BCUT2D eigenvalue weighted by atomic mass is 9.98. The molecule has 30 heavy (non-hydrogen) atoms. The number of carbonyl (C=O) groups is 2. The minimum absolute atomic E-state index is 0.000777. The molecule has 2 aromatic rings. The van der Waals surface area contributed by atoms with E-state index in [4.69, 9.17) is 4.98 Å². The summed E-state index contributed by atoms with van der Waals surface area (Å²) < 4.78 is 0. The van der Waals surface area contributed by atoms with Crippen LogP contribution < -0.4 is 10.2 Å². The number of rotatable bonds is 7. The molecule has 1 fully saturated rings. The number of anilines is 1. The van der Waals surface area contributed by atoms with Gasteiger partial charge in [-0.15, -0.1) is 11.3 Å². The molecule has 1 aromatic carbocycles. The van der Waals surface area contributed by atoms with Crippen LogP contribution in [0, 0.1) is 5.92 Å². The van der Waals surface area contributed by atoms with Crippen LogP contribution in [0.3, 0.4) is 0 Å². The van der Waals surface area contributed by atoms with Gasteiger partial charge in [-0.1, -0.05) is 13.8 Å². The first kappa shape index (κ1) is 22.3. The van der Waals surface area contributed by atoms with E-state index < -0.39 is 0 Å². The fourth-order valence-electron chi connectivity index (χ4n) is 3.59. The van der Waals surface area contributed by atoms with Gasteiger partial charge < -0.3 is 15.1 Å². The summed E-state index contributed by atoms with van der Waals surface area (Å²) in [6, 6.07) is 7.79. The van der Waals surface area contributed by atoms with Gasteiger partial charge in [-0.05, 0) is 37.1 Å². The van der Waals surface area contributed by atoms with E-state index in [2.05, 4.69) is 10.7 Å². The van der Waals surface area contributed by atoms with Crippen molar-refractivity contribution in [3.63, 3.8) is 0 Å². The van der Waals surface area contributed by atoms with Crippen LogP contribution in [0.15, 0.2) is 29.6 Å². The second-order valence-electron chi connectivity index (χ2n) is 8.40. The van der Waals surface area contributed by atoms with Crippen LogP contribution >= 0.6 is 11.3 Å². The third-order valence-electron chi connectivity index (χ3n) is 5.46. The van der Waals surface area contributed by atoms with Crippen LogP contribution in [0.25, 0.3) is 0 Å². The summed E-state index contributed by atoms with van der Waals surface area (Å²) in [5.41, 5.74) is 2.84. The predicted molar refractivity (Wildman–Crippen MR) is 122 cm³/mol.